The number of rotatable bonds is 3. The highest BCUT2D eigenvalue weighted by Gasteiger charge is 2.25. The standard InChI is InChI=1S/C17H21N3O2.ClH/c1-11-15(17(21)20(2)13-6-7-18-10-13)8-12-4-5-14(22-3)9-16(12)19-11;/h4-5,8-9,13,18H,6-7,10H2,1-3H3;1H. The third-order valence-corrected chi connectivity index (χ3v) is 4.35. The second-order valence-electron chi connectivity index (χ2n) is 5.74. The minimum atomic E-state index is 0. The maximum atomic E-state index is 12.8. The number of nitrogens with zero attached hydrogens (tertiary/aromatic N) is 2. The van der Waals surface area contributed by atoms with Crippen molar-refractivity contribution in [3.63, 3.8) is 0 Å². The summed E-state index contributed by atoms with van der Waals surface area (Å²) >= 11 is 0. The predicted octanol–water partition coefficient (Wildman–Crippen LogP) is 2.41. The number of fused-ring (bicyclic) bond motifs is 1. The Bertz CT molecular complexity index is 714. The quantitative estimate of drug-likeness (QED) is 0.936. The topological polar surface area (TPSA) is 54.5 Å². The number of amides is 1. The SMILES string of the molecule is COc1ccc2cc(C(=O)N(C)C3CCNC3)c(C)nc2c1.Cl. The van der Waals surface area contributed by atoms with Crippen LogP contribution in [0, 0.1) is 6.92 Å². The molecule has 1 aliphatic rings. The second-order valence-corrected chi connectivity index (χ2v) is 5.74. The number of carbonyl (C=O) groups excluding carboxylic acids is 1. The molecule has 0 saturated carbocycles. The molecule has 0 aliphatic carbocycles. The average molecular weight is 336 g/mol. The number of ether oxygens (including phenoxy) is 1. The lowest BCUT2D eigenvalue weighted by molar-refractivity contribution is 0.0743. The van der Waals surface area contributed by atoms with Crippen molar-refractivity contribution >= 4 is 29.2 Å². The molecule has 1 saturated heterocycles. The number of methoxy groups -OCH3 is 1. The van der Waals surface area contributed by atoms with E-state index >= 15 is 0 Å². The van der Waals surface area contributed by atoms with Gasteiger partial charge in [0.15, 0.2) is 0 Å². The van der Waals surface area contributed by atoms with Gasteiger partial charge in [0.05, 0.1) is 23.9 Å². The third kappa shape index (κ3) is 3.41. The molecule has 1 atom stereocenters. The van der Waals surface area contributed by atoms with Crippen LogP contribution in [0.3, 0.4) is 0 Å². The van der Waals surface area contributed by atoms with Crippen molar-refractivity contribution in [1.29, 1.82) is 0 Å². The fourth-order valence-corrected chi connectivity index (χ4v) is 2.91. The number of hydrogen-bond acceptors (Lipinski definition) is 4. The minimum Gasteiger partial charge on any atom is -0.497 e. The van der Waals surface area contributed by atoms with Gasteiger partial charge in [-0.15, -0.1) is 12.4 Å². The fraction of sp³-hybridized carbons (Fsp3) is 0.412. The van der Waals surface area contributed by atoms with Crippen molar-refractivity contribution in [2.75, 3.05) is 27.2 Å². The predicted molar refractivity (Wildman–Crippen MR) is 93.6 cm³/mol. The van der Waals surface area contributed by atoms with Crippen LogP contribution in [0.4, 0.5) is 0 Å². The van der Waals surface area contributed by atoms with Crippen LogP contribution in [0.25, 0.3) is 10.9 Å². The third-order valence-electron chi connectivity index (χ3n) is 4.35. The summed E-state index contributed by atoms with van der Waals surface area (Å²) in [6.07, 6.45) is 1.000. The molecule has 2 aromatic rings. The van der Waals surface area contributed by atoms with Crippen LogP contribution in [0.15, 0.2) is 24.3 Å². The van der Waals surface area contributed by atoms with Crippen LogP contribution in [-0.2, 0) is 0 Å². The van der Waals surface area contributed by atoms with E-state index in [4.69, 9.17) is 4.74 Å². The van der Waals surface area contributed by atoms with E-state index in [0.29, 0.717) is 5.56 Å². The Labute approximate surface area is 142 Å². The normalized spacial score (nSPS) is 16.9. The summed E-state index contributed by atoms with van der Waals surface area (Å²) in [5.41, 5.74) is 2.27. The van der Waals surface area contributed by atoms with Crippen molar-refractivity contribution in [2.45, 2.75) is 19.4 Å². The number of carbonyl (C=O) groups is 1. The van der Waals surface area contributed by atoms with E-state index in [1.54, 1.807) is 7.11 Å². The highest BCUT2D eigenvalue weighted by atomic mass is 35.5. The number of aryl methyl sites for hydroxylation is 1. The first-order chi connectivity index (χ1) is 10.6. The fourth-order valence-electron chi connectivity index (χ4n) is 2.91. The molecular formula is C17H22ClN3O2. The van der Waals surface area contributed by atoms with Gasteiger partial charge in [-0.3, -0.25) is 9.78 Å². The zero-order valence-corrected chi connectivity index (χ0v) is 14.4. The number of nitrogens with one attached hydrogen (secondary N) is 1. The Hall–Kier alpha value is -1.85. The number of likely N-dealkylation sites (N-methyl/N-ethyl adjacent to an activating group) is 1. The van der Waals surface area contributed by atoms with Crippen molar-refractivity contribution < 1.29 is 9.53 Å². The molecule has 1 unspecified atom stereocenters. The molecule has 1 aromatic heterocycles. The summed E-state index contributed by atoms with van der Waals surface area (Å²) in [5.74, 6) is 0.809. The summed E-state index contributed by atoms with van der Waals surface area (Å²) in [5, 5.41) is 4.24. The van der Waals surface area contributed by atoms with Gasteiger partial charge in [-0.25, -0.2) is 0 Å². The van der Waals surface area contributed by atoms with Crippen molar-refractivity contribution in [3.05, 3.63) is 35.5 Å². The Balaban J connectivity index is 0.00000192. The first kappa shape index (κ1) is 17.5. The number of halogens is 1. The first-order valence-electron chi connectivity index (χ1n) is 7.53. The summed E-state index contributed by atoms with van der Waals surface area (Å²) < 4.78 is 5.22. The summed E-state index contributed by atoms with van der Waals surface area (Å²) in [6.45, 7) is 3.71. The molecule has 1 aliphatic heterocycles. The highest BCUT2D eigenvalue weighted by molar-refractivity contribution is 5.98. The zero-order chi connectivity index (χ0) is 15.7. The summed E-state index contributed by atoms with van der Waals surface area (Å²) in [7, 11) is 3.51. The summed E-state index contributed by atoms with van der Waals surface area (Å²) in [4.78, 5) is 19.2. The lowest BCUT2D eigenvalue weighted by atomic mass is 10.1. The smallest absolute Gasteiger partial charge is 0.255 e. The molecule has 5 nitrogen and oxygen atoms in total. The first-order valence-corrected chi connectivity index (χ1v) is 7.53. The zero-order valence-electron chi connectivity index (χ0n) is 13.6. The van der Waals surface area contributed by atoms with Crippen LogP contribution in [0.2, 0.25) is 0 Å². The largest absolute Gasteiger partial charge is 0.497 e. The number of benzene rings is 1. The molecule has 124 valence electrons. The maximum Gasteiger partial charge on any atom is 0.255 e. The molecule has 1 fully saturated rings. The molecule has 0 radical (unpaired) electrons. The minimum absolute atomic E-state index is 0. The van der Waals surface area contributed by atoms with Gasteiger partial charge in [0.25, 0.3) is 5.91 Å². The average Bonchev–Trinajstić information content (AvgIpc) is 3.06. The van der Waals surface area contributed by atoms with E-state index in [9.17, 15) is 4.79 Å². The molecule has 23 heavy (non-hydrogen) atoms. The van der Waals surface area contributed by atoms with E-state index in [0.717, 1.165) is 41.9 Å². The molecular weight excluding hydrogens is 314 g/mol. The van der Waals surface area contributed by atoms with Gasteiger partial charge in [0, 0.05) is 31.1 Å². The van der Waals surface area contributed by atoms with Gasteiger partial charge in [-0.05, 0) is 38.1 Å². The monoisotopic (exact) mass is 335 g/mol. The number of aromatic nitrogens is 1. The van der Waals surface area contributed by atoms with Gasteiger partial charge < -0.3 is 15.0 Å². The second kappa shape index (κ2) is 7.15. The van der Waals surface area contributed by atoms with Crippen LogP contribution in [0.1, 0.15) is 22.5 Å². The van der Waals surface area contributed by atoms with E-state index < -0.39 is 0 Å². The van der Waals surface area contributed by atoms with E-state index in [-0.39, 0.29) is 24.4 Å². The van der Waals surface area contributed by atoms with Crippen LogP contribution in [-0.4, -0.2) is 49.1 Å². The van der Waals surface area contributed by atoms with Crippen LogP contribution < -0.4 is 10.1 Å². The van der Waals surface area contributed by atoms with Crippen molar-refractivity contribution in [3.8, 4) is 5.75 Å². The molecule has 0 bridgehead atoms. The Morgan fingerprint density at radius 3 is 2.83 bits per heavy atom. The maximum absolute atomic E-state index is 12.8. The van der Waals surface area contributed by atoms with Crippen LogP contribution >= 0.6 is 12.4 Å². The lowest BCUT2D eigenvalue weighted by Gasteiger charge is -2.24. The lowest BCUT2D eigenvalue weighted by Crippen LogP contribution is -2.38. The molecule has 2 heterocycles. The van der Waals surface area contributed by atoms with Gasteiger partial charge in [-0.2, -0.15) is 0 Å². The summed E-state index contributed by atoms with van der Waals surface area (Å²) in [6, 6.07) is 7.91. The van der Waals surface area contributed by atoms with Gasteiger partial charge in [-0.1, -0.05) is 0 Å². The molecule has 1 N–H and O–H groups in total. The van der Waals surface area contributed by atoms with Crippen molar-refractivity contribution in [2.24, 2.45) is 0 Å². The molecule has 1 aromatic carbocycles. The Morgan fingerprint density at radius 2 is 2.17 bits per heavy atom. The van der Waals surface area contributed by atoms with Gasteiger partial charge >= 0.3 is 0 Å². The molecule has 0 spiro atoms. The van der Waals surface area contributed by atoms with Gasteiger partial charge in [0.1, 0.15) is 5.75 Å². The molecule has 1 amide bonds. The Kier molecular flexibility index (Phi) is 5.44. The van der Waals surface area contributed by atoms with E-state index in [2.05, 4.69) is 10.3 Å². The van der Waals surface area contributed by atoms with E-state index in [1.807, 2.05) is 43.1 Å². The Morgan fingerprint density at radius 1 is 1.39 bits per heavy atom. The molecule has 3 rings (SSSR count). The molecule has 6 heteroatoms. The van der Waals surface area contributed by atoms with Crippen molar-refractivity contribution in [1.82, 2.24) is 15.2 Å². The van der Waals surface area contributed by atoms with Gasteiger partial charge in [0.2, 0.25) is 0 Å². The number of hydrogen-bond donors (Lipinski definition) is 1. The number of pyridine rings is 1. The highest BCUT2D eigenvalue weighted by Crippen LogP contribution is 2.23. The van der Waals surface area contributed by atoms with E-state index in [1.165, 1.54) is 0 Å². The van der Waals surface area contributed by atoms with Crippen LogP contribution in [0.5, 0.6) is 5.75 Å².